The zero-order valence-electron chi connectivity index (χ0n) is 11.4. The van der Waals surface area contributed by atoms with Crippen LogP contribution in [0.4, 0.5) is 0 Å². The van der Waals surface area contributed by atoms with E-state index in [2.05, 4.69) is 11.8 Å². The van der Waals surface area contributed by atoms with E-state index in [0.29, 0.717) is 6.04 Å². The van der Waals surface area contributed by atoms with E-state index in [4.69, 9.17) is 0 Å². The summed E-state index contributed by atoms with van der Waals surface area (Å²) in [5.41, 5.74) is 0. The van der Waals surface area contributed by atoms with E-state index in [1.807, 2.05) is 0 Å². The second-order valence-corrected chi connectivity index (χ2v) is 6.04. The van der Waals surface area contributed by atoms with Gasteiger partial charge in [0.1, 0.15) is 0 Å². The molecular weight excluding hydrogens is 210 g/mol. The third-order valence-corrected chi connectivity index (χ3v) is 4.79. The van der Waals surface area contributed by atoms with Crippen LogP contribution in [0.25, 0.3) is 0 Å². The van der Waals surface area contributed by atoms with Crippen molar-refractivity contribution < 1.29 is 5.11 Å². The third-order valence-electron chi connectivity index (χ3n) is 4.79. The molecule has 1 aliphatic carbocycles. The highest BCUT2D eigenvalue weighted by Crippen LogP contribution is 2.27. The van der Waals surface area contributed by atoms with Crippen molar-refractivity contribution in [2.24, 2.45) is 5.92 Å². The minimum Gasteiger partial charge on any atom is -0.391 e. The summed E-state index contributed by atoms with van der Waals surface area (Å²) in [5.74, 6) is 0.876. The monoisotopic (exact) mass is 239 g/mol. The molecule has 1 saturated carbocycles. The largest absolute Gasteiger partial charge is 0.391 e. The van der Waals surface area contributed by atoms with Crippen LogP contribution < -0.4 is 0 Å². The number of aliphatic hydroxyl groups is 1. The maximum absolute atomic E-state index is 10.3. The van der Waals surface area contributed by atoms with Crippen molar-refractivity contribution >= 4 is 0 Å². The van der Waals surface area contributed by atoms with Gasteiger partial charge in [0, 0.05) is 12.6 Å². The Hall–Kier alpha value is -0.0800. The number of piperidine rings is 1. The molecule has 1 aliphatic heterocycles. The number of hydrogen-bond donors (Lipinski definition) is 1. The minimum absolute atomic E-state index is 0.0640. The average Bonchev–Trinajstić information content (AvgIpc) is 2.34. The van der Waals surface area contributed by atoms with Gasteiger partial charge in [-0.1, -0.05) is 39.0 Å². The normalized spacial score (nSPS) is 37.4. The first-order valence-electron chi connectivity index (χ1n) is 7.73. The van der Waals surface area contributed by atoms with E-state index in [0.717, 1.165) is 12.3 Å². The van der Waals surface area contributed by atoms with Gasteiger partial charge in [0.2, 0.25) is 0 Å². The predicted molar refractivity (Wildman–Crippen MR) is 72.1 cm³/mol. The van der Waals surface area contributed by atoms with Crippen molar-refractivity contribution in [3.63, 3.8) is 0 Å². The Kier molecular flexibility index (Phi) is 5.30. The van der Waals surface area contributed by atoms with E-state index in [1.165, 1.54) is 64.5 Å². The summed E-state index contributed by atoms with van der Waals surface area (Å²) in [5, 5.41) is 10.3. The van der Waals surface area contributed by atoms with Crippen molar-refractivity contribution in [1.29, 1.82) is 0 Å². The fourth-order valence-corrected chi connectivity index (χ4v) is 3.60. The molecule has 1 heterocycles. The van der Waals surface area contributed by atoms with Crippen molar-refractivity contribution in [3.05, 3.63) is 0 Å². The molecule has 3 atom stereocenters. The second kappa shape index (κ2) is 6.75. The lowest BCUT2D eigenvalue weighted by Crippen LogP contribution is -2.48. The van der Waals surface area contributed by atoms with E-state index >= 15 is 0 Å². The van der Waals surface area contributed by atoms with Crippen LogP contribution in [0, 0.1) is 5.92 Å². The zero-order valence-corrected chi connectivity index (χ0v) is 11.4. The van der Waals surface area contributed by atoms with Crippen LogP contribution in [0.2, 0.25) is 0 Å². The lowest BCUT2D eigenvalue weighted by atomic mass is 9.89. The van der Waals surface area contributed by atoms with Gasteiger partial charge in [-0.3, -0.25) is 4.90 Å². The standard InChI is InChI=1S/C15H29NO/c1-2-13-8-7-11-16(12-13)14-9-5-3-4-6-10-15(14)17/h13-15,17H,2-12H2,1H3. The molecule has 100 valence electrons. The molecule has 17 heavy (non-hydrogen) atoms. The van der Waals surface area contributed by atoms with Gasteiger partial charge in [0.15, 0.2) is 0 Å². The Morgan fingerprint density at radius 1 is 1.00 bits per heavy atom. The first-order valence-corrected chi connectivity index (χ1v) is 7.73. The van der Waals surface area contributed by atoms with Gasteiger partial charge in [0.25, 0.3) is 0 Å². The summed E-state index contributed by atoms with van der Waals surface area (Å²) in [7, 11) is 0. The molecule has 0 aromatic heterocycles. The molecular formula is C15H29NO. The first-order chi connectivity index (χ1) is 8.31. The van der Waals surface area contributed by atoms with Gasteiger partial charge in [-0.05, 0) is 38.1 Å². The van der Waals surface area contributed by atoms with Crippen LogP contribution in [0.5, 0.6) is 0 Å². The highest BCUT2D eigenvalue weighted by molar-refractivity contribution is 4.84. The molecule has 0 spiro atoms. The number of nitrogens with zero attached hydrogens (tertiary/aromatic N) is 1. The molecule has 2 heteroatoms. The predicted octanol–water partition coefficient (Wildman–Crippen LogP) is 3.19. The van der Waals surface area contributed by atoms with Crippen molar-refractivity contribution in [2.45, 2.75) is 76.9 Å². The van der Waals surface area contributed by atoms with E-state index in [1.54, 1.807) is 0 Å². The molecule has 2 nitrogen and oxygen atoms in total. The summed E-state index contributed by atoms with van der Waals surface area (Å²) in [6.07, 6.45) is 11.4. The lowest BCUT2D eigenvalue weighted by molar-refractivity contribution is 0.00971. The van der Waals surface area contributed by atoms with Crippen LogP contribution in [-0.2, 0) is 0 Å². The Balaban J connectivity index is 1.92. The van der Waals surface area contributed by atoms with Crippen molar-refractivity contribution in [2.75, 3.05) is 13.1 Å². The van der Waals surface area contributed by atoms with Gasteiger partial charge >= 0.3 is 0 Å². The van der Waals surface area contributed by atoms with E-state index < -0.39 is 0 Å². The topological polar surface area (TPSA) is 23.5 Å². The van der Waals surface area contributed by atoms with Crippen molar-refractivity contribution in [3.8, 4) is 0 Å². The van der Waals surface area contributed by atoms with Crippen LogP contribution in [0.1, 0.15) is 64.7 Å². The second-order valence-electron chi connectivity index (χ2n) is 6.04. The number of likely N-dealkylation sites (tertiary alicyclic amines) is 1. The zero-order chi connectivity index (χ0) is 12.1. The van der Waals surface area contributed by atoms with Crippen LogP contribution in [0.3, 0.4) is 0 Å². The highest BCUT2D eigenvalue weighted by atomic mass is 16.3. The molecule has 2 aliphatic rings. The summed E-state index contributed by atoms with van der Waals surface area (Å²) in [6.45, 7) is 4.76. The third kappa shape index (κ3) is 3.69. The Morgan fingerprint density at radius 3 is 2.53 bits per heavy atom. The fourth-order valence-electron chi connectivity index (χ4n) is 3.60. The quantitative estimate of drug-likeness (QED) is 0.800. The van der Waals surface area contributed by atoms with Gasteiger partial charge in [-0.25, -0.2) is 0 Å². The van der Waals surface area contributed by atoms with Crippen molar-refractivity contribution in [1.82, 2.24) is 4.90 Å². The number of rotatable bonds is 2. The van der Waals surface area contributed by atoms with Gasteiger partial charge in [-0.2, -0.15) is 0 Å². The Labute approximate surface area is 106 Å². The van der Waals surface area contributed by atoms with Crippen LogP contribution >= 0.6 is 0 Å². The Morgan fingerprint density at radius 2 is 1.76 bits per heavy atom. The molecule has 0 aromatic rings. The summed E-state index contributed by atoms with van der Waals surface area (Å²) >= 11 is 0. The number of aliphatic hydroxyl groups excluding tert-OH is 1. The maximum Gasteiger partial charge on any atom is 0.0695 e. The van der Waals surface area contributed by atoms with Crippen LogP contribution in [-0.4, -0.2) is 35.2 Å². The van der Waals surface area contributed by atoms with Gasteiger partial charge < -0.3 is 5.11 Å². The average molecular weight is 239 g/mol. The molecule has 0 aromatic carbocycles. The number of hydrogen-bond acceptors (Lipinski definition) is 2. The lowest BCUT2D eigenvalue weighted by Gasteiger charge is -2.41. The van der Waals surface area contributed by atoms with Crippen LogP contribution in [0.15, 0.2) is 0 Å². The molecule has 2 rings (SSSR count). The minimum atomic E-state index is -0.0640. The molecule has 2 fully saturated rings. The molecule has 0 radical (unpaired) electrons. The smallest absolute Gasteiger partial charge is 0.0695 e. The molecule has 3 unspecified atom stereocenters. The van der Waals surface area contributed by atoms with E-state index in [9.17, 15) is 5.11 Å². The maximum atomic E-state index is 10.3. The van der Waals surface area contributed by atoms with Gasteiger partial charge in [-0.15, -0.1) is 0 Å². The van der Waals surface area contributed by atoms with Gasteiger partial charge in [0.05, 0.1) is 6.10 Å². The fraction of sp³-hybridized carbons (Fsp3) is 1.00. The molecule has 0 amide bonds. The summed E-state index contributed by atoms with van der Waals surface area (Å²) < 4.78 is 0. The molecule has 0 bridgehead atoms. The summed E-state index contributed by atoms with van der Waals surface area (Å²) in [4.78, 5) is 2.60. The first kappa shape index (κ1) is 13.4. The highest BCUT2D eigenvalue weighted by Gasteiger charge is 2.29. The molecule has 1 N–H and O–H groups in total. The van der Waals surface area contributed by atoms with E-state index in [-0.39, 0.29) is 6.10 Å². The summed E-state index contributed by atoms with van der Waals surface area (Å²) in [6, 6.07) is 0.463. The SMILES string of the molecule is CCC1CCCN(C2CCCCCCC2O)C1. The molecule has 1 saturated heterocycles. The Bertz CT molecular complexity index is 219.